The van der Waals surface area contributed by atoms with Gasteiger partial charge in [0.05, 0.1) is 12.6 Å². The molecule has 0 aliphatic rings. The maximum Gasteiger partial charge on any atom is 0.328 e. The second-order valence-electron chi connectivity index (χ2n) is 9.58. The van der Waals surface area contributed by atoms with Crippen LogP contribution in [-0.4, -0.2) is 47.4 Å². The molecule has 1 atom stereocenters. The number of carbonyl (C=O) groups excluding carboxylic acids is 3. The Hall–Kier alpha value is -5.19. The number of esters is 1. The number of nitrogens with two attached hydrogens (primary N) is 3. The number of ether oxygens (including phenoxy) is 1. The molecule has 0 saturated carbocycles. The number of anilines is 3. The topological polar surface area (TPSA) is 188 Å². The molecule has 0 radical (unpaired) electrons. The van der Waals surface area contributed by atoms with Crippen LogP contribution in [0.3, 0.4) is 0 Å². The van der Waals surface area contributed by atoms with E-state index in [4.69, 9.17) is 21.9 Å². The summed E-state index contributed by atoms with van der Waals surface area (Å²) in [5.41, 5.74) is 21.6. The molecule has 1 aromatic heterocycles. The van der Waals surface area contributed by atoms with Gasteiger partial charge in [-0.25, -0.2) is 9.78 Å². The number of nitrogen functional groups attached to an aromatic ring is 3. The molecular formula is C30H33N7O4. The molecule has 41 heavy (non-hydrogen) atoms. The third-order valence-corrected chi connectivity index (χ3v) is 6.64. The molecule has 11 heteroatoms. The Bertz CT molecular complexity index is 1540. The van der Waals surface area contributed by atoms with Crippen molar-refractivity contribution in [3.05, 3.63) is 89.0 Å². The summed E-state index contributed by atoms with van der Waals surface area (Å²) in [7, 11) is 1.27. The van der Waals surface area contributed by atoms with Gasteiger partial charge in [-0.3, -0.25) is 9.59 Å². The summed E-state index contributed by atoms with van der Waals surface area (Å²) >= 11 is 0. The first-order valence-electron chi connectivity index (χ1n) is 13.2. The Morgan fingerprint density at radius 2 is 1.46 bits per heavy atom. The highest BCUT2D eigenvalue weighted by Crippen LogP contribution is 2.21. The van der Waals surface area contributed by atoms with Crippen molar-refractivity contribution in [2.24, 2.45) is 0 Å². The molecule has 4 rings (SSSR count). The van der Waals surface area contributed by atoms with Crippen LogP contribution in [-0.2, 0) is 22.4 Å². The smallest absolute Gasteiger partial charge is 0.328 e. The summed E-state index contributed by atoms with van der Waals surface area (Å²) < 4.78 is 4.87. The van der Waals surface area contributed by atoms with Crippen LogP contribution in [0.25, 0.3) is 10.9 Å². The molecule has 0 bridgehead atoms. The predicted molar refractivity (Wildman–Crippen MR) is 158 cm³/mol. The van der Waals surface area contributed by atoms with E-state index >= 15 is 0 Å². The third-order valence-electron chi connectivity index (χ3n) is 6.64. The highest BCUT2D eigenvalue weighted by atomic mass is 16.5. The van der Waals surface area contributed by atoms with Crippen LogP contribution < -0.4 is 27.8 Å². The number of carbonyl (C=O) groups is 3. The molecule has 0 aliphatic heterocycles. The molecule has 0 unspecified atom stereocenters. The summed E-state index contributed by atoms with van der Waals surface area (Å²) in [6, 6.07) is 18.8. The minimum Gasteiger partial charge on any atom is -0.467 e. The van der Waals surface area contributed by atoms with E-state index in [0.717, 1.165) is 29.4 Å². The zero-order valence-corrected chi connectivity index (χ0v) is 22.7. The zero-order valence-electron chi connectivity index (χ0n) is 22.7. The molecule has 3 aromatic carbocycles. The van der Waals surface area contributed by atoms with Crippen molar-refractivity contribution in [1.29, 1.82) is 0 Å². The van der Waals surface area contributed by atoms with Crippen molar-refractivity contribution in [2.45, 2.75) is 31.7 Å². The second-order valence-corrected chi connectivity index (χ2v) is 9.58. The Morgan fingerprint density at radius 3 is 2.17 bits per heavy atom. The first-order valence-corrected chi connectivity index (χ1v) is 13.2. The molecule has 212 valence electrons. The fourth-order valence-electron chi connectivity index (χ4n) is 4.36. The number of nitrogens with one attached hydrogen (secondary N) is 2. The van der Waals surface area contributed by atoms with E-state index in [9.17, 15) is 14.4 Å². The standard InChI is InChI=1S/C30H33N7O4/c1-41-29(40)25(3-2-16-34-27(38)20-11-13-22(31)14-12-20)35-28(39)21-9-6-18(7-10-21)4-5-19-8-15-24-23(17-19)26(32)37-30(33)36-24/h6-15,17,25H,2-5,16,31H2,1H3,(H,34,38)(H,35,39)(H4,32,33,36,37)/t25-/m0/s1. The van der Waals surface area contributed by atoms with Gasteiger partial charge in [0.1, 0.15) is 11.9 Å². The number of aromatic nitrogens is 2. The molecule has 8 N–H and O–H groups in total. The molecule has 4 aromatic rings. The maximum absolute atomic E-state index is 12.9. The fourth-order valence-corrected chi connectivity index (χ4v) is 4.36. The minimum atomic E-state index is -0.847. The normalized spacial score (nSPS) is 11.5. The first kappa shape index (κ1) is 28.8. The summed E-state index contributed by atoms with van der Waals surface area (Å²) in [4.78, 5) is 45.6. The molecule has 0 saturated heterocycles. The number of benzene rings is 3. The Labute approximate surface area is 237 Å². The average molecular weight is 556 g/mol. The van der Waals surface area contributed by atoms with Crippen molar-refractivity contribution in [3.8, 4) is 0 Å². The van der Waals surface area contributed by atoms with Crippen LogP contribution in [0.1, 0.15) is 44.7 Å². The van der Waals surface area contributed by atoms with Crippen molar-refractivity contribution >= 4 is 46.1 Å². The second kappa shape index (κ2) is 13.2. The van der Waals surface area contributed by atoms with Gasteiger partial charge in [-0.2, -0.15) is 4.98 Å². The third kappa shape index (κ3) is 7.69. The van der Waals surface area contributed by atoms with E-state index in [-0.39, 0.29) is 17.8 Å². The van der Waals surface area contributed by atoms with Crippen LogP contribution in [0.5, 0.6) is 0 Å². The van der Waals surface area contributed by atoms with Crippen molar-refractivity contribution in [3.63, 3.8) is 0 Å². The molecule has 1 heterocycles. The number of nitrogens with zero attached hydrogens (tertiary/aromatic N) is 2. The minimum absolute atomic E-state index is 0.142. The number of hydrogen-bond donors (Lipinski definition) is 5. The number of fused-ring (bicyclic) bond motifs is 1. The van der Waals surface area contributed by atoms with Gasteiger partial charge in [-0.05, 0) is 85.3 Å². The van der Waals surface area contributed by atoms with Gasteiger partial charge in [0, 0.05) is 28.7 Å². The van der Waals surface area contributed by atoms with Crippen molar-refractivity contribution in [1.82, 2.24) is 20.6 Å². The molecule has 11 nitrogen and oxygen atoms in total. The number of hydrogen-bond acceptors (Lipinski definition) is 9. The summed E-state index contributed by atoms with van der Waals surface area (Å²) in [6.45, 7) is 0.326. The molecule has 0 aliphatic carbocycles. The highest BCUT2D eigenvalue weighted by Gasteiger charge is 2.22. The largest absolute Gasteiger partial charge is 0.467 e. The van der Waals surface area contributed by atoms with Crippen LogP contribution in [0.4, 0.5) is 17.5 Å². The van der Waals surface area contributed by atoms with Gasteiger partial charge in [-0.1, -0.05) is 18.2 Å². The lowest BCUT2D eigenvalue weighted by atomic mass is 10.0. The lowest BCUT2D eigenvalue weighted by Gasteiger charge is -2.17. The average Bonchev–Trinajstić information content (AvgIpc) is 2.97. The van der Waals surface area contributed by atoms with Gasteiger partial charge in [-0.15, -0.1) is 0 Å². The summed E-state index contributed by atoms with van der Waals surface area (Å²) in [5, 5.41) is 6.30. The molecular weight excluding hydrogens is 522 g/mol. The Balaban J connectivity index is 1.28. The van der Waals surface area contributed by atoms with Crippen LogP contribution in [0, 0.1) is 0 Å². The van der Waals surface area contributed by atoms with Crippen molar-refractivity contribution in [2.75, 3.05) is 30.9 Å². The highest BCUT2D eigenvalue weighted by molar-refractivity contribution is 5.97. The lowest BCUT2D eigenvalue weighted by Crippen LogP contribution is -2.42. The first-order chi connectivity index (χ1) is 19.7. The van der Waals surface area contributed by atoms with Crippen LogP contribution >= 0.6 is 0 Å². The van der Waals surface area contributed by atoms with Gasteiger partial charge < -0.3 is 32.6 Å². The number of methoxy groups -OCH3 is 1. The monoisotopic (exact) mass is 555 g/mol. The number of amides is 2. The van der Waals surface area contributed by atoms with Gasteiger partial charge in [0.2, 0.25) is 5.95 Å². The van der Waals surface area contributed by atoms with Crippen LogP contribution in [0.2, 0.25) is 0 Å². The molecule has 0 fully saturated rings. The Kier molecular flexibility index (Phi) is 9.31. The number of rotatable bonds is 11. The zero-order chi connectivity index (χ0) is 29.4. The summed E-state index contributed by atoms with van der Waals surface area (Å²) in [5.74, 6) is -0.694. The quantitative estimate of drug-likeness (QED) is 0.105. The molecule has 2 amide bonds. The molecule has 0 spiro atoms. The maximum atomic E-state index is 12.9. The van der Waals surface area contributed by atoms with E-state index in [1.165, 1.54) is 7.11 Å². The lowest BCUT2D eigenvalue weighted by molar-refractivity contribution is -0.143. The number of aryl methyl sites for hydroxylation is 2. The van der Waals surface area contributed by atoms with E-state index < -0.39 is 12.0 Å². The van der Waals surface area contributed by atoms with Gasteiger partial charge in [0.15, 0.2) is 0 Å². The van der Waals surface area contributed by atoms with E-state index in [2.05, 4.69) is 20.6 Å². The SMILES string of the molecule is COC(=O)[C@H](CCCNC(=O)c1ccc(N)cc1)NC(=O)c1ccc(CCc2ccc3nc(N)nc(N)c3c2)cc1. The summed E-state index contributed by atoms with van der Waals surface area (Å²) in [6.07, 6.45) is 2.26. The fraction of sp³-hybridized carbons (Fsp3) is 0.233. The van der Waals surface area contributed by atoms with E-state index in [1.807, 2.05) is 30.3 Å². The van der Waals surface area contributed by atoms with E-state index in [1.54, 1.807) is 36.4 Å². The van der Waals surface area contributed by atoms with Crippen LogP contribution in [0.15, 0.2) is 66.7 Å². The Morgan fingerprint density at radius 1 is 0.829 bits per heavy atom. The van der Waals surface area contributed by atoms with Crippen molar-refractivity contribution < 1.29 is 19.1 Å². The van der Waals surface area contributed by atoms with Gasteiger partial charge >= 0.3 is 5.97 Å². The van der Waals surface area contributed by atoms with E-state index in [0.29, 0.717) is 47.5 Å². The van der Waals surface area contributed by atoms with Gasteiger partial charge in [0.25, 0.3) is 11.8 Å². The predicted octanol–water partition coefficient (Wildman–Crippen LogP) is 2.64.